The molecule has 0 amide bonds. The van der Waals surface area contributed by atoms with Gasteiger partial charge in [0.2, 0.25) is 5.76 Å². The molecule has 1 fully saturated rings. The Bertz CT molecular complexity index is 378. The van der Waals surface area contributed by atoms with Crippen LogP contribution < -0.4 is 0 Å². The third-order valence-corrected chi connectivity index (χ3v) is 3.30. The molecule has 0 atom stereocenters. The normalized spacial score (nSPS) is 18.2. The molecule has 0 aromatic carbocycles. The molecule has 0 bridgehead atoms. The van der Waals surface area contributed by atoms with Crippen molar-refractivity contribution >= 4 is 5.97 Å². The van der Waals surface area contributed by atoms with E-state index >= 15 is 0 Å². The van der Waals surface area contributed by atoms with E-state index in [-0.39, 0.29) is 5.76 Å². The van der Waals surface area contributed by atoms with Crippen molar-refractivity contribution < 1.29 is 13.9 Å². The summed E-state index contributed by atoms with van der Waals surface area (Å²) in [7, 11) is 1.36. The number of furan rings is 1. The van der Waals surface area contributed by atoms with Crippen LogP contribution in [-0.2, 0) is 11.3 Å². The molecule has 0 radical (unpaired) electrons. The Morgan fingerprint density at radius 1 is 1.47 bits per heavy atom. The number of nitrogens with zero attached hydrogens (tertiary/aromatic N) is 1. The molecule has 0 spiro atoms. The molecular formula is C13H19NO3. The Balaban J connectivity index is 1.90. The van der Waals surface area contributed by atoms with Gasteiger partial charge in [0.1, 0.15) is 5.76 Å². The molecule has 0 saturated carbocycles. The van der Waals surface area contributed by atoms with Crippen molar-refractivity contribution in [2.75, 3.05) is 20.2 Å². The number of carbonyl (C=O) groups is 1. The predicted molar refractivity (Wildman–Crippen MR) is 63.7 cm³/mol. The first-order chi connectivity index (χ1) is 8.19. The Labute approximate surface area is 102 Å². The molecule has 1 saturated heterocycles. The van der Waals surface area contributed by atoms with Gasteiger partial charge in [0.05, 0.1) is 13.7 Å². The lowest BCUT2D eigenvalue weighted by atomic mass is 9.99. The van der Waals surface area contributed by atoms with Crippen LogP contribution in [0.4, 0.5) is 0 Å². The highest BCUT2D eigenvalue weighted by Crippen LogP contribution is 2.19. The molecule has 1 aromatic rings. The highest BCUT2D eigenvalue weighted by atomic mass is 16.5. The summed E-state index contributed by atoms with van der Waals surface area (Å²) in [6.45, 7) is 5.29. The summed E-state index contributed by atoms with van der Waals surface area (Å²) in [6.07, 6.45) is 2.48. The number of likely N-dealkylation sites (tertiary alicyclic amines) is 1. The van der Waals surface area contributed by atoms with Crippen molar-refractivity contribution in [2.45, 2.75) is 26.3 Å². The van der Waals surface area contributed by atoms with Crippen molar-refractivity contribution in [3.8, 4) is 0 Å². The summed E-state index contributed by atoms with van der Waals surface area (Å²) in [5, 5.41) is 0. The first-order valence-corrected chi connectivity index (χ1v) is 6.08. The summed E-state index contributed by atoms with van der Waals surface area (Å²) >= 11 is 0. The second kappa shape index (κ2) is 5.36. The number of piperidine rings is 1. The van der Waals surface area contributed by atoms with E-state index in [0.717, 1.165) is 31.3 Å². The van der Waals surface area contributed by atoms with Gasteiger partial charge in [-0.15, -0.1) is 0 Å². The summed E-state index contributed by atoms with van der Waals surface area (Å²) in [6, 6.07) is 3.53. The summed E-state index contributed by atoms with van der Waals surface area (Å²) < 4.78 is 10.1. The van der Waals surface area contributed by atoms with Crippen molar-refractivity contribution in [1.29, 1.82) is 0 Å². The minimum atomic E-state index is -0.413. The molecule has 4 heteroatoms. The van der Waals surface area contributed by atoms with Crippen LogP contribution in [0.2, 0.25) is 0 Å². The van der Waals surface area contributed by atoms with Gasteiger partial charge in [0.25, 0.3) is 0 Å². The molecule has 0 N–H and O–H groups in total. The lowest BCUT2D eigenvalue weighted by molar-refractivity contribution is 0.0560. The third kappa shape index (κ3) is 3.09. The number of rotatable bonds is 3. The Hall–Kier alpha value is -1.29. The predicted octanol–water partition coefficient (Wildman–Crippen LogP) is 2.30. The van der Waals surface area contributed by atoms with Gasteiger partial charge in [-0.1, -0.05) is 6.92 Å². The smallest absolute Gasteiger partial charge is 0.373 e. The molecule has 4 nitrogen and oxygen atoms in total. The van der Waals surface area contributed by atoms with E-state index < -0.39 is 5.97 Å². The van der Waals surface area contributed by atoms with Crippen molar-refractivity contribution in [3.63, 3.8) is 0 Å². The first-order valence-electron chi connectivity index (χ1n) is 6.08. The van der Waals surface area contributed by atoms with E-state index in [1.807, 2.05) is 6.07 Å². The number of carbonyl (C=O) groups excluding carboxylic acids is 1. The Morgan fingerprint density at radius 2 is 2.18 bits per heavy atom. The van der Waals surface area contributed by atoms with Crippen LogP contribution in [0.1, 0.15) is 36.1 Å². The van der Waals surface area contributed by atoms with Gasteiger partial charge in [-0.2, -0.15) is 0 Å². The van der Waals surface area contributed by atoms with Gasteiger partial charge in [-0.3, -0.25) is 4.90 Å². The number of hydrogen-bond donors (Lipinski definition) is 0. The van der Waals surface area contributed by atoms with Crippen molar-refractivity contribution in [3.05, 3.63) is 23.7 Å². The zero-order valence-corrected chi connectivity index (χ0v) is 10.4. The molecule has 1 aliphatic heterocycles. The van der Waals surface area contributed by atoms with E-state index in [1.54, 1.807) is 6.07 Å². The number of ether oxygens (including phenoxy) is 1. The molecule has 17 heavy (non-hydrogen) atoms. The topological polar surface area (TPSA) is 42.7 Å². The average molecular weight is 237 g/mol. The first kappa shape index (κ1) is 12.2. The van der Waals surface area contributed by atoms with Crippen LogP contribution in [0.5, 0.6) is 0 Å². The zero-order valence-electron chi connectivity index (χ0n) is 10.4. The highest BCUT2D eigenvalue weighted by molar-refractivity contribution is 5.86. The Kier molecular flexibility index (Phi) is 3.84. The van der Waals surface area contributed by atoms with Gasteiger partial charge in [0.15, 0.2) is 0 Å². The monoisotopic (exact) mass is 237 g/mol. The van der Waals surface area contributed by atoms with E-state index in [2.05, 4.69) is 16.6 Å². The van der Waals surface area contributed by atoms with E-state index in [4.69, 9.17) is 4.42 Å². The van der Waals surface area contributed by atoms with Crippen LogP contribution in [0.25, 0.3) is 0 Å². The number of methoxy groups -OCH3 is 1. The fourth-order valence-corrected chi connectivity index (χ4v) is 2.11. The minimum Gasteiger partial charge on any atom is -0.463 e. The molecule has 1 aliphatic rings. The second-order valence-electron chi connectivity index (χ2n) is 4.72. The van der Waals surface area contributed by atoms with E-state index in [1.165, 1.54) is 20.0 Å². The second-order valence-corrected chi connectivity index (χ2v) is 4.72. The largest absolute Gasteiger partial charge is 0.463 e. The van der Waals surface area contributed by atoms with Crippen LogP contribution in [0, 0.1) is 5.92 Å². The molecule has 2 heterocycles. The van der Waals surface area contributed by atoms with Crippen LogP contribution >= 0.6 is 0 Å². The summed E-state index contributed by atoms with van der Waals surface area (Å²) in [5.74, 6) is 1.53. The summed E-state index contributed by atoms with van der Waals surface area (Å²) in [5.41, 5.74) is 0. The maximum Gasteiger partial charge on any atom is 0.373 e. The maximum absolute atomic E-state index is 11.2. The molecule has 2 rings (SSSR count). The van der Waals surface area contributed by atoms with Crippen LogP contribution in [-0.4, -0.2) is 31.1 Å². The van der Waals surface area contributed by atoms with Crippen molar-refractivity contribution in [2.24, 2.45) is 5.92 Å². The SMILES string of the molecule is COC(=O)c1ccc(CN2CCC(C)CC2)o1. The third-order valence-electron chi connectivity index (χ3n) is 3.30. The highest BCUT2D eigenvalue weighted by Gasteiger charge is 2.18. The summed E-state index contributed by atoms with van der Waals surface area (Å²) in [4.78, 5) is 13.6. The van der Waals surface area contributed by atoms with Gasteiger partial charge in [-0.25, -0.2) is 4.79 Å². The average Bonchev–Trinajstić information content (AvgIpc) is 2.80. The molecule has 0 unspecified atom stereocenters. The van der Waals surface area contributed by atoms with Gasteiger partial charge in [-0.05, 0) is 44.0 Å². The quantitative estimate of drug-likeness (QED) is 0.756. The van der Waals surface area contributed by atoms with Gasteiger partial charge < -0.3 is 9.15 Å². The zero-order chi connectivity index (χ0) is 12.3. The standard InChI is InChI=1S/C13H19NO3/c1-10-5-7-14(8-6-10)9-11-3-4-12(17-11)13(15)16-2/h3-4,10H,5-9H2,1-2H3. The lowest BCUT2D eigenvalue weighted by Crippen LogP contribution is -2.32. The molecule has 1 aromatic heterocycles. The Morgan fingerprint density at radius 3 is 2.82 bits per heavy atom. The lowest BCUT2D eigenvalue weighted by Gasteiger charge is -2.29. The molecule has 94 valence electrons. The number of esters is 1. The van der Waals surface area contributed by atoms with Crippen molar-refractivity contribution in [1.82, 2.24) is 4.90 Å². The van der Waals surface area contributed by atoms with Crippen LogP contribution in [0.3, 0.4) is 0 Å². The van der Waals surface area contributed by atoms with Gasteiger partial charge in [0, 0.05) is 0 Å². The van der Waals surface area contributed by atoms with E-state index in [0.29, 0.717) is 0 Å². The van der Waals surface area contributed by atoms with Crippen LogP contribution in [0.15, 0.2) is 16.5 Å². The minimum absolute atomic E-state index is 0.285. The fourth-order valence-electron chi connectivity index (χ4n) is 2.11. The van der Waals surface area contributed by atoms with Gasteiger partial charge >= 0.3 is 5.97 Å². The molecular weight excluding hydrogens is 218 g/mol. The fraction of sp³-hybridized carbons (Fsp3) is 0.615. The maximum atomic E-state index is 11.2. The number of hydrogen-bond acceptors (Lipinski definition) is 4. The van der Waals surface area contributed by atoms with E-state index in [9.17, 15) is 4.79 Å². The molecule has 0 aliphatic carbocycles.